The van der Waals surface area contributed by atoms with Crippen molar-refractivity contribution in [3.05, 3.63) is 53.3 Å². The van der Waals surface area contributed by atoms with Gasteiger partial charge in [0.25, 0.3) is 11.8 Å². The number of hydrogen-bond donors (Lipinski definition) is 3. The number of aromatic amines is 1. The summed E-state index contributed by atoms with van der Waals surface area (Å²) in [7, 11) is 0. The monoisotopic (exact) mass is 323 g/mol. The highest BCUT2D eigenvalue weighted by atomic mass is 16.2. The van der Waals surface area contributed by atoms with Gasteiger partial charge in [-0.2, -0.15) is 5.10 Å². The Morgan fingerprint density at radius 2 is 2.00 bits per heavy atom. The Bertz CT molecular complexity index is 916. The van der Waals surface area contributed by atoms with E-state index in [4.69, 9.17) is 0 Å². The first-order valence-electron chi connectivity index (χ1n) is 7.59. The van der Waals surface area contributed by atoms with E-state index in [1.807, 2.05) is 13.8 Å². The van der Waals surface area contributed by atoms with Crippen LogP contribution in [-0.4, -0.2) is 33.5 Å². The third-order valence-electron chi connectivity index (χ3n) is 3.62. The van der Waals surface area contributed by atoms with E-state index >= 15 is 0 Å². The van der Waals surface area contributed by atoms with E-state index in [1.54, 1.807) is 30.3 Å². The zero-order valence-electron chi connectivity index (χ0n) is 13.4. The fourth-order valence-corrected chi connectivity index (χ4v) is 2.38. The number of carbonyl (C=O) groups is 2. The Balaban J connectivity index is 1.89. The van der Waals surface area contributed by atoms with Crippen molar-refractivity contribution >= 4 is 28.5 Å². The average Bonchev–Trinajstić information content (AvgIpc) is 2.96. The maximum absolute atomic E-state index is 12.5. The van der Waals surface area contributed by atoms with E-state index < -0.39 is 0 Å². The van der Waals surface area contributed by atoms with Gasteiger partial charge in [-0.15, -0.1) is 0 Å². The molecule has 7 nitrogen and oxygen atoms in total. The molecule has 0 saturated heterocycles. The van der Waals surface area contributed by atoms with Gasteiger partial charge in [0, 0.05) is 23.8 Å². The summed E-state index contributed by atoms with van der Waals surface area (Å²) in [5.74, 6) is -0.561. The molecule has 0 radical (unpaired) electrons. The lowest BCUT2D eigenvalue weighted by molar-refractivity contribution is 0.0956. The summed E-state index contributed by atoms with van der Waals surface area (Å²) >= 11 is 0. The lowest BCUT2D eigenvalue weighted by Crippen LogP contribution is -2.24. The van der Waals surface area contributed by atoms with Crippen LogP contribution in [-0.2, 0) is 0 Å². The van der Waals surface area contributed by atoms with Crippen molar-refractivity contribution < 1.29 is 9.59 Å². The number of H-pyrrole nitrogens is 1. The summed E-state index contributed by atoms with van der Waals surface area (Å²) in [5, 5.41) is 13.2. The Kier molecular flexibility index (Phi) is 4.24. The van der Waals surface area contributed by atoms with Crippen molar-refractivity contribution in [1.82, 2.24) is 20.5 Å². The molecule has 0 aliphatic heterocycles. The number of nitrogens with zero attached hydrogens (tertiary/aromatic N) is 2. The number of pyridine rings is 1. The Labute approximate surface area is 138 Å². The molecule has 0 unspecified atom stereocenters. The van der Waals surface area contributed by atoms with E-state index in [1.165, 1.54) is 6.20 Å². The van der Waals surface area contributed by atoms with Crippen LogP contribution in [0.4, 0.5) is 5.69 Å². The molecule has 0 bridgehead atoms. The maximum Gasteiger partial charge on any atom is 0.257 e. The maximum atomic E-state index is 12.5. The fraction of sp³-hybridized carbons (Fsp3) is 0.176. The molecule has 0 saturated carbocycles. The van der Waals surface area contributed by atoms with Gasteiger partial charge in [-0.05, 0) is 32.0 Å². The smallest absolute Gasteiger partial charge is 0.257 e. The average molecular weight is 323 g/mol. The highest BCUT2D eigenvalue weighted by molar-refractivity contribution is 6.09. The molecule has 2 aromatic heterocycles. The molecular formula is C17H17N5O2. The van der Waals surface area contributed by atoms with Crippen LogP contribution in [0.3, 0.4) is 0 Å². The molecule has 3 aromatic rings. The lowest BCUT2D eigenvalue weighted by Gasteiger charge is -2.10. The largest absolute Gasteiger partial charge is 0.352 e. The van der Waals surface area contributed by atoms with Crippen molar-refractivity contribution in [3.8, 4) is 0 Å². The molecule has 0 aliphatic carbocycles. The van der Waals surface area contributed by atoms with E-state index in [-0.39, 0.29) is 11.8 Å². The van der Waals surface area contributed by atoms with Crippen LogP contribution in [0.2, 0.25) is 0 Å². The molecule has 0 atom stereocenters. The molecule has 2 amide bonds. The minimum Gasteiger partial charge on any atom is -0.352 e. The van der Waals surface area contributed by atoms with Crippen LogP contribution in [0, 0.1) is 6.92 Å². The molecule has 1 aromatic carbocycles. The summed E-state index contributed by atoms with van der Waals surface area (Å²) in [6, 6.07) is 8.60. The lowest BCUT2D eigenvalue weighted by atomic mass is 10.1. The number of nitrogens with one attached hydrogen (secondary N) is 3. The molecule has 0 spiro atoms. The van der Waals surface area contributed by atoms with Gasteiger partial charge < -0.3 is 10.6 Å². The zero-order valence-corrected chi connectivity index (χ0v) is 13.4. The van der Waals surface area contributed by atoms with E-state index in [9.17, 15) is 9.59 Å². The van der Waals surface area contributed by atoms with Crippen molar-refractivity contribution in [1.29, 1.82) is 0 Å². The van der Waals surface area contributed by atoms with Crippen LogP contribution in [0.25, 0.3) is 11.0 Å². The normalized spacial score (nSPS) is 10.6. The van der Waals surface area contributed by atoms with E-state index in [0.29, 0.717) is 29.0 Å². The van der Waals surface area contributed by atoms with E-state index in [2.05, 4.69) is 25.8 Å². The van der Waals surface area contributed by atoms with Crippen molar-refractivity contribution in [2.75, 3.05) is 11.9 Å². The minimum atomic E-state index is -0.332. The SMILES string of the molecule is CCNC(=O)c1ccccc1NC(=O)c1cnc2n[nH]c(C)c2c1. The predicted octanol–water partition coefficient (Wildman–Crippen LogP) is 2.27. The molecule has 0 aliphatic rings. The Morgan fingerprint density at radius 3 is 2.79 bits per heavy atom. The van der Waals surface area contributed by atoms with Gasteiger partial charge in [0.05, 0.1) is 16.8 Å². The van der Waals surface area contributed by atoms with Gasteiger partial charge in [0.15, 0.2) is 5.65 Å². The summed E-state index contributed by atoms with van der Waals surface area (Å²) < 4.78 is 0. The first-order valence-corrected chi connectivity index (χ1v) is 7.59. The van der Waals surface area contributed by atoms with Crippen LogP contribution < -0.4 is 10.6 Å². The number of anilines is 1. The second-order valence-electron chi connectivity index (χ2n) is 5.30. The van der Waals surface area contributed by atoms with Gasteiger partial charge in [0.2, 0.25) is 0 Å². The standard InChI is InChI=1S/C17H17N5O2/c1-3-18-17(24)12-6-4-5-7-14(12)20-16(23)11-8-13-10(2)21-22-15(13)19-9-11/h4-9H,3H2,1-2H3,(H,18,24)(H,20,23)(H,19,21,22). The van der Waals surface area contributed by atoms with Crippen LogP contribution in [0.15, 0.2) is 36.5 Å². The predicted molar refractivity (Wildman–Crippen MR) is 91.0 cm³/mol. The number of hydrogen-bond acceptors (Lipinski definition) is 4. The molecule has 24 heavy (non-hydrogen) atoms. The summed E-state index contributed by atoms with van der Waals surface area (Å²) in [5.41, 5.74) is 2.68. The molecule has 2 heterocycles. The first-order chi connectivity index (χ1) is 11.6. The Morgan fingerprint density at radius 1 is 1.21 bits per heavy atom. The molecule has 7 heteroatoms. The summed E-state index contributed by atoms with van der Waals surface area (Å²) in [6.07, 6.45) is 1.46. The molecule has 3 rings (SSSR count). The molecule has 0 fully saturated rings. The van der Waals surface area contributed by atoms with Crippen molar-refractivity contribution in [3.63, 3.8) is 0 Å². The van der Waals surface area contributed by atoms with Crippen molar-refractivity contribution in [2.45, 2.75) is 13.8 Å². The number of rotatable bonds is 4. The third kappa shape index (κ3) is 2.96. The highest BCUT2D eigenvalue weighted by Gasteiger charge is 2.15. The van der Waals surface area contributed by atoms with Crippen LogP contribution in [0.1, 0.15) is 33.3 Å². The second kappa shape index (κ2) is 6.49. The number of carbonyl (C=O) groups excluding carboxylic acids is 2. The summed E-state index contributed by atoms with van der Waals surface area (Å²) in [4.78, 5) is 28.8. The number of amides is 2. The number of para-hydroxylation sites is 1. The fourth-order valence-electron chi connectivity index (χ4n) is 2.38. The zero-order chi connectivity index (χ0) is 17.1. The quantitative estimate of drug-likeness (QED) is 0.685. The van der Waals surface area contributed by atoms with Crippen LogP contribution in [0.5, 0.6) is 0 Å². The van der Waals surface area contributed by atoms with Gasteiger partial charge >= 0.3 is 0 Å². The Hall–Kier alpha value is -3.22. The molecule has 3 N–H and O–H groups in total. The summed E-state index contributed by atoms with van der Waals surface area (Å²) in [6.45, 7) is 4.22. The minimum absolute atomic E-state index is 0.229. The molecular weight excluding hydrogens is 306 g/mol. The highest BCUT2D eigenvalue weighted by Crippen LogP contribution is 2.18. The number of fused-ring (bicyclic) bond motifs is 1. The number of aryl methyl sites for hydroxylation is 1. The van der Waals surface area contributed by atoms with Crippen LogP contribution >= 0.6 is 0 Å². The second-order valence-corrected chi connectivity index (χ2v) is 5.30. The topological polar surface area (TPSA) is 99.8 Å². The van der Waals surface area contributed by atoms with E-state index in [0.717, 1.165) is 11.1 Å². The van der Waals surface area contributed by atoms with Gasteiger partial charge in [-0.1, -0.05) is 12.1 Å². The van der Waals surface area contributed by atoms with Gasteiger partial charge in [0.1, 0.15) is 0 Å². The third-order valence-corrected chi connectivity index (χ3v) is 3.62. The van der Waals surface area contributed by atoms with Crippen molar-refractivity contribution in [2.24, 2.45) is 0 Å². The van der Waals surface area contributed by atoms with Gasteiger partial charge in [-0.3, -0.25) is 14.7 Å². The number of aromatic nitrogens is 3. The molecule has 122 valence electrons. The number of benzene rings is 1. The van der Waals surface area contributed by atoms with Gasteiger partial charge in [-0.25, -0.2) is 4.98 Å². The first kappa shape index (κ1) is 15.7.